The zero-order chi connectivity index (χ0) is 15.4. The number of carboxylic acid groups (broad SMARTS) is 1. The lowest BCUT2D eigenvalue weighted by Gasteiger charge is -2.09. The summed E-state index contributed by atoms with van der Waals surface area (Å²) in [6.45, 7) is 0.303. The van der Waals surface area contributed by atoms with Crippen molar-refractivity contribution in [3.8, 4) is 0 Å². The lowest BCUT2D eigenvalue weighted by molar-refractivity contribution is 0.0697. The van der Waals surface area contributed by atoms with Gasteiger partial charge in [0.1, 0.15) is 0 Å². The van der Waals surface area contributed by atoms with E-state index in [9.17, 15) is 9.59 Å². The summed E-state index contributed by atoms with van der Waals surface area (Å²) in [5.74, 6) is -1.03. The Balaban J connectivity index is 1.94. The van der Waals surface area contributed by atoms with E-state index in [4.69, 9.17) is 5.11 Å². The molecule has 2 aromatic rings. The molecule has 0 unspecified atom stereocenters. The molecule has 0 aliphatic rings. The highest BCUT2D eigenvalue weighted by atomic mass is 79.9. The molecule has 0 radical (unpaired) electrons. The monoisotopic (exact) mass is 352 g/mol. The van der Waals surface area contributed by atoms with E-state index >= 15 is 0 Å². The van der Waals surface area contributed by atoms with Crippen LogP contribution in [-0.2, 0) is 13.6 Å². The largest absolute Gasteiger partial charge is 0.478 e. The number of carboxylic acids is 1. The van der Waals surface area contributed by atoms with Crippen LogP contribution in [0.4, 0.5) is 10.5 Å². The van der Waals surface area contributed by atoms with Crippen LogP contribution in [-0.4, -0.2) is 26.9 Å². The average molecular weight is 353 g/mol. The van der Waals surface area contributed by atoms with Crippen molar-refractivity contribution < 1.29 is 14.7 Å². The fraction of sp³-hybridized carbons (Fsp3) is 0.154. The predicted octanol–water partition coefficient (Wildman–Crippen LogP) is 2.20. The quantitative estimate of drug-likeness (QED) is 0.785. The highest BCUT2D eigenvalue weighted by Crippen LogP contribution is 2.23. The minimum absolute atomic E-state index is 0.140. The maximum atomic E-state index is 11.8. The molecule has 21 heavy (non-hydrogen) atoms. The van der Waals surface area contributed by atoms with Gasteiger partial charge in [-0.25, -0.2) is 9.59 Å². The fourth-order valence-corrected chi connectivity index (χ4v) is 2.12. The van der Waals surface area contributed by atoms with Crippen LogP contribution in [0.3, 0.4) is 0 Å². The van der Waals surface area contributed by atoms with Crippen molar-refractivity contribution in [1.82, 2.24) is 15.1 Å². The first-order chi connectivity index (χ1) is 9.95. The molecule has 110 valence electrons. The van der Waals surface area contributed by atoms with Crippen molar-refractivity contribution in [1.29, 1.82) is 0 Å². The zero-order valence-electron chi connectivity index (χ0n) is 11.1. The molecule has 2 rings (SSSR count). The summed E-state index contributed by atoms with van der Waals surface area (Å²) in [6.07, 6.45) is 1.79. The van der Waals surface area contributed by atoms with Gasteiger partial charge in [-0.1, -0.05) is 0 Å². The number of rotatable bonds is 4. The van der Waals surface area contributed by atoms with Crippen LogP contribution in [0.2, 0.25) is 0 Å². The van der Waals surface area contributed by atoms with Crippen LogP contribution < -0.4 is 10.6 Å². The highest BCUT2D eigenvalue weighted by molar-refractivity contribution is 9.10. The Morgan fingerprint density at radius 3 is 2.71 bits per heavy atom. The Hall–Kier alpha value is -2.35. The lowest BCUT2D eigenvalue weighted by Crippen LogP contribution is -2.28. The Bertz CT molecular complexity index is 684. The number of aromatic nitrogens is 2. The van der Waals surface area contributed by atoms with Gasteiger partial charge in [0.15, 0.2) is 0 Å². The molecule has 0 spiro atoms. The number of amides is 2. The van der Waals surface area contributed by atoms with E-state index in [-0.39, 0.29) is 5.56 Å². The summed E-state index contributed by atoms with van der Waals surface area (Å²) in [5, 5.41) is 18.3. The Morgan fingerprint density at radius 2 is 2.14 bits per heavy atom. The summed E-state index contributed by atoms with van der Waals surface area (Å²) < 4.78 is 2.14. The maximum absolute atomic E-state index is 11.8. The van der Waals surface area contributed by atoms with Crippen molar-refractivity contribution >= 4 is 33.6 Å². The predicted molar refractivity (Wildman–Crippen MR) is 80.2 cm³/mol. The SMILES string of the molecule is Cn1ccc(CNC(=O)Nc2ccc(C(=O)O)cc2Br)n1. The molecule has 0 saturated heterocycles. The summed E-state index contributed by atoms with van der Waals surface area (Å²) in [7, 11) is 1.80. The lowest BCUT2D eigenvalue weighted by atomic mass is 10.2. The third kappa shape index (κ3) is 4.06. The number of nitrogens with one attached hydrogen (secondary N) is 2. The van der Waals surface area contributed by atoms with Crippen molar-refractivity contribution in [3.63, 3.8) is 0 Å². The minimum Gasteiger partial charge on any atom is -0.478 e. The topological polar surface area (TPSA) is 96.2 Å². The number of urea groups is 1. The molecule has 0 aliphatic carbocycles. The molecule has 1 heterocycles. The number of benzene rings is 1. The van der Waals surface area contributed by atoms with Gasteiger partial charge < -0.3 is 15.7 Å². The number of carbonyl (C=O) groups is 2. The second-order valence-electron chi connectivity index (χ2n) is 4.29. The first kappa shape index (κ1) is 15.0. The van der Waals surface area contributed by atoms with Crippen LogP contribution in [0.15, 0.2) is 34.9 Å². The number of nitrogens with zero attached hydrogens (tertiary/aromatic N) is 2. The molecule has 1 aromatic carbocycles. The number of aryl methyl sites for hydroxylation is 1. The van der Waals surface area contributed by atoms with Crippen molar-refractivity contribution in [2.24, 2.45) is 7.05 Å². The number of anilines is 1. The summed E-state index contributed by atoms with van der Waals surface area (Å²) in [4.78, 5) is 22.6. The molecule has 8 heteroatoms. The average Bonchev–Trinajstić information content (AvgIpc) is 2.84. The van der Waals surface area contributed by atoms with E-state index in [0.717, 1.165) is 5.69 Å². The van der Waals surface area contributed by atoms with E-state index in [0.29, 0.717) is 16.7 Å². The highest BCUT2D eigenvalue weighted by Gasteiger charge is 2.09. The van der Waals surface area contributed by atoms with E-state index in [1.165, 1.54) is 18.2 Å². The smallest absolute Gasteiger partial charge is 0.335 e. The van der Waals surface area contributed by atoms with Gasteiger partial charge in [-0.15, -0.1) is 0 Å². The van der Waals surface area contributed by atoms with Crippen LogP contribution >= 0.6 is 15.9 Å². The van der Waals surface area contributed by atoms with Crippen LogP contribution in [0.25, 0.3) is 0 Å². The van der Waals surface area contributed by atoms with Gasteiger partial charge >= 0.3 is 12.0 Å². The van der Waals surface area contributed by atoms with E-state index < -0.39 is 12.0 Å². The molecule has 1 aromatic heterocycles. The van der Waals surface area contributed by atoms with Crippen molar-refractivity contribution in [2.75, 3.05) is 5.32 Å². The van der Waals surface area contributed by atoms with Gasteiger partial charge in [0, 0.05) is 17.7 Å². The molecular weight excluding hydrogens is 340 g/mol. The van der Waals surface area contributed by atoms with Crippen molar-refractivity contribution in [2.45, 2.75) is 6.54 Å². The van der Waals surface area contributed by atoms with Gasteiger partial charge in [0.05, 0.1) is 23.5 Å². The molecular formula is C13H13BrN4O3. The number of hydrogen-bond acceptors (Lipinski definition) is 3. The standard InChI is InChI=1S/C13H13BrN4O3/c1-18-5-4-9(17-18)7-15-13(21)16-11-3-2-8(12(19)20)6-10(11)14/h2-6H,7H2,1H3,(H,19,20)(H2,15,16,21). The second-order valence-corrected chi connectivity index (χ2v) is 5.14. The number of aromatic carboxylic acids is 1. The third-order valence-electron chi connectivity index (χ3n) is 2.66. The van der Waals surface area contributed by atoms with Crippen LogP contribution in [0.1, 0.15) is 16.1 Å². The third-order valence-corrected chi connectivity index (χ3v) is 3.32. The summed E-state index contributed by atoms with van der Waals surface area (Å²) in [5.41, 5.74) is 1.37. The van der Waals surface area contributed by atoms with Gasteiger partial charge in [0.2, 0.25) is 0 Å². The first-order valence-corrected chi connectivity index (χ1v) is 6.81. The van der Waals surface area contributed by atoms with Gasteiger partial charge in [0.25, 0.3) is 0 Å². The Kier molecular flexibility index (Phi) is 4.59. The van der Waals surface area contributed by atoms with Gasteiger partial charge in [-0.05, 0) is 40.2 Å². The molecule has 0 saturated carbocycles. The molecule has 2 amide bonds. The normalized spacial score (nSPS) is 10.2. The second kappa shape index (κ2) is 6.40. The van der Waals surface area contributed by atoms with Crippen molar-refractivity contribution in [3.05, 3.63) is 46.2 Å². The zero-order valence-corrected chi connectivity index (χ0v) is 12.7. The Morgan fingerprint density at radius 1 is 1.38 bits per heavy atom. The molecule has 0 bridgehead atoms. The minimum atomic E-state index is -1.03. The molecule has 7 nitrogen and oxygen atoms in total. The maximum Gasteiger partial charge on any atom is 0.335 e. The van der Waals surface area contributed by atoms with Crippen LogP contribution in [0, 0.1) is 0 Å². The Labute approximate surface area is 129 Å². The first-order valence-electron chi connectivity index (χ1n) is 6.02. The molecule has 0 aliphatic heterocycles. The molecule has 3 N–H and O–H groups in total. The van der Waals surface area contributed by atoms with Gasteiger partial charge in [-0.2, -0.15) is 5.10 Å². The summed E-state index contributed by atoms with van der Waals surface area (Å²) >= 11 is 3.22. The molecule has 0 fully saturated rings. The van der Waals surface area contributed by atoms with E-state index in [1.54, 1.807) is 24.0 Å². The molecule has 0 atom stereocenters. The van der Waals surface area contributed by atoms with Gasteiger partial charge in [-0.3, -0.25) is 4.68 Å². The number of halogens is 1. The van der Waals surface area contributed by atoms with Crippen LogP contribution in [0.5, 0.6) is 0 Å². The van der Waals surface area contributed by atoms with E-state index in [2.05, 4.69) is 31.7 Å². The van der Waals surface area contributed by atoms with E-state index in [1.807, 2.05) is 0 Å². The fourth-order valence-electron chi connectivity index (χ4n) is 1.64. The number of hydrogen-bond donors (Lipinski definition) is 3. The number of carbonyl (C=O) groups excluding carboxylic acids is 1. The summed E-state index contributed by atoms with van der Waals surface area (Å²) in [6, 6.07) is 5.77.